The van der Waals surface area contributed by atoms with Crippen molar-refractivity contribution in [3.63, 3.8) is 0 Å². The number of hydrogen-bond acceptors (Lipinski definition) is 4. The Hall–Kier alpha value is -0.260. The van der Waals surface area contributed by atoms with Gasteiger partial charge in [-0.3, -0.25) is 4.79 Å². The Labute approximate surface area is 102 Å². The molecule has 1 heterocycles. The van der Waals surface area contributed by atoms with Crippen LogP contribution in [-0.2, 0) is 9.53 Å². The summed E-state index contributed by atoms with van der Waals surface area (Å²) in [5.74, 6) is 0.0393. The van der Waals surface area contributed by atoms with E-state index < -0.39 is 5.60 Å². The molecule has 0 unspecified atom stereocenters. The second kappa shape index (κ2) is 6.47. The molecule has 0 bridgehead atoms. The van der Waals surface area contributed by atoms with Crippen LogP contribution < -0.4 is 10.6 Å². The van der Waals surface area contributed by atoms with Gasteiger partial charge in [-0.05, 0) is 32.2 Å². The molecule has 0 radical (unpaired) electrons. The maximum Gasteiger partial charge on any atom is 0.252 e. The van der Waals surface area contributed by atoms with Crippen molar-refractivity contribution in [2.24, 2.45) is 0 Å². The Kier molecular flexibility index (Phi) is 5.58. The van der Waals surface area contributed by atoms with Crippen LogP contribution in [0.4, 0.5) is 0 Å². The molecule has 1 rings (SSSR count). The van der Waals surface area contributed by atoms with Crippen LogP contribution in [0.5, 0.6) is 0 Å². The van der Waals surface area contributed by atoms with Gasteiger partial charge in [0.2, 0.25) is 0 Å². The molecule has 1 amide bonds. The molecule has 1 atom stereocenters. The van der Waals surface area contributed by atoms with E-state index in [0.29, 0.717) is 11.8 Å². The Morgan fingerprint density at radius 2 is 2.19 bits per heavy atom. The molecule has 0 aromatic rings. The molecule has 16 heavy (non-hydrogen) atoms. The number of nitrogens with one attached hydrogen (secondary N) is 2. The van der Waals surface area contributed by atoms with Crippen LogP contribution in [0.2, 0.25) is 0 Å². The highest BCUT2D eigenvalue weighted by atomic mass is 32.2. The fourth-order valence-electron chi connectivity index (χ4n) is 1.84. The molecule has 0 aromatic heterocycles. The van der Waals surface area contributed by atoms with Crippen molar-refractivity contribution in [1.29, 1.82) is 0 Å². The van der Waals surface area contributed by atoms with Crippen molar-refractivity contribution < 1.29 is 9.53 Å². The van der Waals surface area contributed by atoms with Gasteiger partial charge in [-0.15, -0.1) is 0 Å². The predicted molar refractivity (Wildman–Crippen MR) is 67.8 cm³/mol. The van der Waals surface area contributed by atoms with E-state index in [2.05, 4.69) is 17.6 Å². The van der Waals surface area contributed by atoms with Crippen molar-refractivity contribution in [2.75, 3.05) is 33.0 Å². The summed E-state index contributed by atoms with van der Waals surface area (Å²) in [5.41, 5.74) is -0.608. The van der Waals surface area contributed by atoms with Gasteiger partial charge in [-0.25, -0.2) is 0 Å². The largest absolute Gasteiger partial charge is 0.368 e. The van der Waals surface area contributed by atoms with Crippen molar-refractivity contribution >= 4 is 17.7 Å². The first-order valence-electron chi connectivity index (χ1n) is 5.71. The summed E-state index contributed by atoms with van der Waals surface area (Å²) < 4.78 is 5.45. The summed E-state index contributed by atoms with van der Waals surface area (Å²) in [6, 6.07) is 0. The zero-order valence-electron chi connectivity index (χ0n) is 10.3. The molecule has 1 aliphatic heterocycles. The Bertz CT molecular complexity index is 230. The lowest BCUT2D eigenvalue weighted by Crippen LogP contribution is -2.54. The standard InChI is InChI=1S/C11H22N2O2S/c1-9(16-3)8-13-10(14)11(15-2)4-6-12-7-5-11/h9,12H,4-8H2,1-3H3,(H,13,14)/t9-/m0/s1. The van der Waals surface area contributed by atoms with Gasteiger partial charge in [0, 0.05) is 18.9 Å². The fourth-order valence-corrected chi connectivity index (χ4v) is 2.09. The van der Waals surface area contributed by atoms with Gasteiger partial charge in [-0.2, -0.15) is 11.8 Å². The number of rotatable bonds is 5. The van der Waals surface area contributed by atoms with E-state index in [9.17, 15) is 4.79 Å². The van der Waals surface area contributed by atoms with Crippen LogP contribution in [0.3, 0.4) is 0 Å². The minimum Gasteiger partial charge on any atom is -0.368 e. The highest BCUT2D eigenvalue weighted by Gasteiger charge is 2.39. The molecule has 94 valence electrons. The number of thioether (sulfide) groups is 1. The number of ether oxygens (including phenoxy) is 1. The second-order valence-electron chi connectivity index (χ2n) is 4.20. The van der Waals surface area contributed by atoms with E-state index in [1.54, 1.807) is 18.9 Å². The molecular weight excluding hydrogens is 224 g/mol. The van der Waals surface area contributed by atoms with Crippen LogP contribution in [-0.4, -0.2) is 49.8 Å². The minimum absolute atomic E-state index is 0.0393. The van der Waals surface area contributed by atoms with Crippen LogP contribution in [0.15, 0.2) is 0 Å². The number of hydrogen-bond donors (Lipinski definition) is 2. The number of carbonyl (C=O) groups excluding carboxylic acids is 1. The van der Waals surface area contributed by atoms with Crippen molar-refractivity contribution in [2.45, 2.75) is 30.6 Å². The summed E-state index contributed by atoms with van der Waals surface area (Å²) in [6.45, 7) is 4.50. The maximum atomic E-state index is 12.1. The van der Waals surface area contributed by atoms with Gasteiger partial charge in [0.1, 0.15) is 5.60 Å². The molecule has 5 heteroatoms. The first kappa shape index (κ1) is 13.8. The predicted octanol–water partition coefficient (Wildman–Crippen LogP) is 0.623. The Morgan fingerprint density at radius 3 is 2.69 bits per heavy atom. The molecule has 0 aliphatic carbocycles. The first-order chi connectivity index (χ1) is 7.64. The van der Waals surface area contributed by atoms with Crippen LogP contribution >= 0.6 is 11.8 Å². The van der Waals surface area contributed by atoms with Crippen molar-refractivity contribution in [3.05, 3.63) is 0 Å². The zero-order valence-corrected chi connectivity index (χ0v) is 11.2. The second-order valence-corrected chi connectivity index (χ2v) is 5.48. The summed E-state index contributed by atoms with van der Waals surface area (Å²) in [6.07, 6.45) is 3.55. The molecule has 0 spiro atoms. The van der Waals surface area contributed by atoms with Gasteiger partial charge in [0.15, 0.2) is 0 Å². The van der Waals surface area contributed by atoms with E-state index in [4.69, 9.17) is 4.74 Å². The van der Waals surface area contributed by atoms with Gasteiger partial charge in [0.05, 0.1) is 0 Å². The molecular formula is C11H22N2O2S. The van der Waals surface area contributed by atoms with Crippen LogP contribution in [0.1, 0.15) is 19.8 Å². The smallest absolute Gasteiger partial charge is 0.252 e. The SMILES string of the molecule is COC1(C(=O)NC[C@H](C)SC)CCNCC1. The Balaban J connectivity index is 2.48. The fraction of sp³-hybridized carbons (Fsp3) is 0.909. The number of amides is 1. The van der Waals surface area contributed by atoms with E-state index >= 15 is 0 Å². The zero-order chi connectivity index (χ0) is 12.0. The van der Waals surface area contributed by atoms with Crippen molar-refractivity contribution in [3.8, 4) is 0 Å². The van der Waals surface area contributed by atoms with Gasteiger partial charge >= 0.3 is 0 Å². The monoisotopic (exact) mass is 246 g/mol. The van der Waals surface area contributed by atoms with Crippen molar-refractivity contribution in [1.82, 2.24) is 10.6 Å². The summed E-state index contributed by atoms with van der Waals surface area (Å²) in [5, 5.41) is 6.67. The molecule has 1 aliphatic rings. The molecule has 0 saturated carbocycles. The Morgan fingerprint density at radius 1 is 1.56 bits per heavy atom. The summed E-state index contributed by atoms with van der Waals surface area (Å²) in [7, 11) is 1.63. The van der Waals surface area contributed by atoms with Gasteiger partial charge in [-0.1, -0.05) is 6.92 Å². The topological polar surface area (TPSA) is 50.4 Å². The van der Waals surface area contributed by atoms with E-state index in [0.717, 1.165) is 25.9 Å². The third-order valence-electron chi connectivity index (χ3n) is 3.17. The highest BCUT2D eigenvalue weighted by Crippen LogP contribution is 2.22. The third kappa shape index (κ3) is 3.37. The minimum atomic E-state index is -0.608. The summed E-state index contributed by atoms with van der Waals surface area (Å²) in [4.78, 5) is 12.1. The summed E-state index contributed by atoms with van der Waals surface area (Å²) >= 11 is 1.75. The van der Waals surface area contributed by atoms with E-state index in [-0.39, 0.29) is 5.91 Å². The molecule has 4 nitrogen and oxygen atoms in total. The van der Waals surface area contributed by atoms with E-state index in [1.165, 1.54) is 0 Å². The lowest BCUT2D eigenvalue weighted by Gasteiger charge is -2.35. The van der Waals surface area contributed by atoms with Crippen LogP contribution in [0.25, 0.3) is 0 Å². The third-order valence-corrected chi connectivity index (χ3v) is 4.14. The van der Waals surface area contributed by atoms with Gasteiger partial charge < -0.3 is 15.4 Å². The quantitative estimate of drug-likeness (QED) is 0.747. The van der Waals surface area contributed by atoms with Gasteiger partial charge in [0.25, 0.3) is 5.91 Å². The lowest BCUT2D eigenvalue weighted by molar-refractivity contribution is -0.146. The molecule has 2 N–H and O–H groups in total. The van der Waals surface area contributed by atoms with Crippen LogP contribution in [0, 0.1) is 0 Å². The van der Waals surface area contributed by atoms with E-state index in [1.807, 2.05) is 6.26 Å². The average Bonchev–Trinajstić information content (AvgIpc) is 2.36. The number of piperidine rings is 1. The average molecular weight is 246 g/mol. The molecule has 1 saturated heterocycles. The normalized spacial score (nSPS) is 21.4. The number of carbonyl (C=O) groups is 1. The first-order valence-corrected chi connectivity index (χ1v) is 7.00. The lowest BCUT2D eigenvalue weighted by atomic mass is 9.91. The molecule has 0 aromatic carbocycles. The maximum absolute atomic E-state index is 12.1. The number of methoxy groups -OCH3 is 1. The highest BCUT2D eigenvalue weighted by molar-refractivity contribution is 7.99. The molecule has 1 fully saturated rings.